The molecule has 0 atom stereocenters. The fourth-order valence-electron chi connectivity index (χ4n) is 0.859. The van der Waals surface area contributed by atoms with E-state index in [1.54, 1.807) is 18.2 Å². The van der Waals surface area contributed by atoms with E-state index in [9.17, 15) is 9.59 Å². The van der Waals surface area contributed by atoms with Gasteiger partial charge >= 0.3 is 5.97 Å². The Kier molecular flexibility index (Phi) is 3.19. The van der Waals surface area contributed by atoms with Crippen LogP contribution in [0.1, 0.15) is 17.3 Å². The molecule has 0 unspecified atom stereocenters. The smallest absolute Gasteiger partial charge is 0.308 e. The Morgan fingerprint density at radius 1 is 1.54 bits per heavy atom. The van der Waals surface area contributed by atoms with Gasteiger partial charge in [0.1, 0.15) is 5.75 Å². The standard InChI is InChI=1S/C9H7BrO3/c1-6(12)13-9-3-2-8(10)4-7(9)5-11/h2-5H,1H3. The second kappa shape index (κ2) is 4.18. The first kappa shape index (κ1) is 9.92. The zero-order valence-corrected chi connectivity index (χ0v) is 8.50. The van der Waals surface area contributed by atoms with Gasteiger partial charge in [-0.25, -0.2) is 0 Å². The van der Waals surface area contributed by atoms with Crippen molar-refractivity contribution in [3.05, 3.63) is 28.2 Å². The molecule has 1 aromatic carbocycles. The number of rotatable bonds is 2. The molecule has 3 nitrogen and oxygen atoms in total. The highest BCUT2D eigenvalue weighted by atomic mass is 79.9. The van der Waals surface area contributed by atoms with Gasteiger partial charge in [-0.3, -0.25) is 9.59 Å². The van der Waals surface area contributed by atoms with E-state index in [0.717, 1.165) is 4.47 Å². The van der Waals surface area contributed by atoms with E-state index in [4.69, 9.17) is 4.74 Å². The van der Waals surface area contributed by atoms with Gasteiger partial charge in [-0.15, -0.1) is 0 Å². The molecule has 0 aliphatic carbocycles. The van der Waals surface area contributed by atoms with E-state index in [2.05, 4.69) is 15.9 Å². The highest BCUT2D eigenvalue weighted by molar-refractivity contribution is 9.10. The lowest BCUT2D eigenvalue weighted by Crippen LogP contribution is -2.03. The summed E-state index contributed by atoms with van der Waals surface area (Å²) in [6.07, 6.45) is 0.642. The molecule has 0 aliphatic rings. The highest BCUT2D eigenvalue weighted by Crippen LogP contribution is 2.21. The molecule has 0 aromatic heterocycles. The second-order valence-corrected chi connectivity index (χ2v) is 3.31. The molecular weight excluding hydrogens is 236 g/mol. The van der Waals surface area contributed by atoms with Gasteiger partial charge in [0, 0.05) is 11.4 Å². The van der Waals surface area contributed by atoms with Gasteiger partial charge < -0.3 is 4.74 Å². The third-order valence-corrected chi connectivity index (χ3v) is 1.85. The first-order valence-electron chi connectivity index (χ1n) is 3.56. The summed E-state index contributed by atoms with van der Waals surface area (Å²) in [4.78, 5) is 21.2. The molecule has 0 N–H and O–H groups in total. The Balaban J connectivity index is 3.05. The van der Waals surface area contributed by atoms with Gasteiger partial charge in [0.05, 0.1) is 5.56 Å². The SMILES string of the molecule is CC(=O)Oc1ccc(Br)cc1C=O. The van der Waals surface area contributed by atoms with E-state index >= 15 is 0 Å². The fraction of sp³-hybridized carbons (Fsp3) is 0.111. The number of ether oxygens (including phenoxy) is 1. The number of carbonyl (C=O) groups excluding carboxylic acids is 2. The Labute approximate surface area is 83.8 Å². The topological polar surface area (TPSA) is 43.4 Å². The van der Waals surface area contributed by atoms with Crippen molar-refractivity contribution in [3.8, 4) is 5.75 Å². The van der Waals surface area contributed by atoms with Crippen LogP contribution in [-0.4, -0.2) is 12.3 Å². The normalized spacial score (nSPS) is 9.38. The van der Waals surface area contributed by atoms with Crippen molar-refractivity contribution >= 4 is 28.2 Å². The van der Waals surface area contributed by atoms with Crippen molar-refractivity contribution in [1.29, 1.82) is 0 Å². The van der Waals surface area contributed by atoms with Crippen LogP contribution in [0, 0.1) is 0 Å². The Bertz CT molecular complexity index is 347. The van der Waals surface area contributed by atoms with E-state index in [1.807, 2.05) is 0 Å². The number of esters is 1. The average molecular weight is 243 g/mol. The average Bonchev–Trinajstić information content (AvgIpc) is 2.07. The van der Waals surface area contributed by atoms with Crippen LogP contribution in [0.25, 0.3) is 0 Å². The predicted octanol–water partition coefficient (Wildman–Crippen LogP) is 2.19. The minimum absolute atomic E-state index is 0.283. The van der Waals surface area contributed by atoms with Gasteiger partial charge in [-0.05, 0) is 18.2 Å². The molecule has 0 bridgehead atoms. The van der Waals surface area contributed by atoms with Crippen molar-refractivity contribution < 1.29 is 14.3 Å². The van der Waals surface area contributed by atoms with Gasteiger partial charge in [0.15, 0.2) is 6.29 Å². The lowest BCUT2D eigenvalue weighted by atomic mass is 10.2. The molecule has 4 heteroatoms. The summed E-state index contributed by atoms with van der Waals surface area (Å²) in [5, 5.41) is 0. The minimum Gasteiger partial charge on any atom is -0.426 e. The zero-order valence-electron chi connectivity index (χ0n) is 6.91. The molecule has 0 saturated carbocycles. The van der Waals surface area contributed by atoms with E-state index < -0.39 is 5.97 Å². The van der Waals surface area contributed by atoms with Crippen molar-refractivity contribution in [2.24, 2.45) is 0 Å². The molecule has 0 aliphatic heterocycles. The van der Waals surface area contributed by atoms with E-state index in [1.165, 1.54) is 6.92 Å². The molecule has 13 heavy (non-hydrogen) atoms. The lowest BCUT2D eigenvalue weighted by molar-refractivity contribution is -0.131. The Morgan fingerprint density at radius 3 is 2.77 bits per heavy atom. The lowest BCUT2D eigenvalue weighted by Gasteiger charge is -2.03. The third-order valence-electron chi connectivity index (χ3n) is 1.35. The van der Waals surface area contributed by atoms with Crippen LogP contribution in [0.5, 0.6) is 5.75 Å². The molecule has 1 aromatic rings. The maximum atomic E-state index is 10.6. The number of hydrogen-bond donors (Lipinski definition) is 0. The molecule has 0 amide bonds. The zero-order chi connectivity index (χ0) is 9.84. The molecule has 1 rings (SSSR count). The van der Waals surface area contributed by atoms with Crippen LogP contribution >= 0.6 is 15.9 Å². The molecule has 0 saturated heterocycles. The monoisotopic (exact) mass is 242 g/mol. The Morgan fingerprint density at radius 2 is 2.23 bits per heavy atom. The fourth-order valence-corrected chi connectivity index (χ4v) is 1.24. The molecule has 0 radical (unpaired) electrons. The van der Waals surface area contributed by atoms with Crippen molar-refractivity contribution in [2.75, 3.05) is 0 Å². The summed E-state index contributed by atoms with van der Waals surface area (Å²) in [7, 11) is 0. The maximum Gasteiger partial charge on any atom is 0.308 e. The number of halogens is 1. The van der Waals surface area contributed by atoms with Gasteiger partial charge in [0.2, 0.25) is 0 Å². The number of aldehydes is 1. The van der Waals surface area contributed by atoms with Crippen LogP contribution in [0.15, 0.2) is 22.7 Å². The third kappa shape index (κ3) is 2.66. The largest absolute Gasteiger partial charge is 0.426 e. The quantitative estimate of drug-likeness (QED) is 0.454. The molecule has 0 fully saturated rings. The molecular formula is C9H7BrO3. The number of benzene rings is 1. The van der Waals surface area contributed by atoms with Crippen molar-refractivity contribution in [2.45, 2.75) is 6.92 Å². The van der Waals surface area contributed by atoms with Crippen LogP contribution in [0.4, 0.5) is 0 Å². The summed E-state index contributed by atoms with van der Waals surface area (Å²) in [5.74, 6) is -0.156. The van der Waals surface area contributed by atoms with Crippen LogP contribution < -0.4 is 4.74 Å². The number of carbonyl (C=O) groups is 2. The first-order chi connectivity index (χ1) is 6.13. The van der Waals surface area contributed by atoms with Crippen molar-refractivity contribution in [3.63, 3.8) is 0 Å². The predicted molar refractivity (Wildman–Crippen MR) is 50.8 cm³/mol. The van der Waals surface area contributed by atoms with Gasteiger partial charge in [-0.1, -0.05) is 15.9 Å². The number of hydrogen-bond acceptors (Lipinski definition) is 3. The Hall–Kier alpha value is -1.16. The summed E-state index contributed by atoms with van der Waals surface area (Å²) in [5.41, 5.74) is 0.351. The molecule has 0 heterocycles. The molecule has 0 spiro atoms. The van der Waals surface area contributed by atoms with E-state index in [-0.39, 0.29) is 5.75 Å². The van der Waals surface area contributed by atoms with Gasteiger partial charge in [0.25, 0.3) is 0 Å². The van der Waals surface area contributed by atoms with E-state index in [0.29, 0.717) is 11.8 Å². The highest BCUT2D eigenvalue weighted by Gasteiger charge is 2.05. The summed E-state index contributed by atoms with van der Waals surface area (Å²) >= 11 is 3.20. The van der Waals surface area contributed by atoms with Crippen molar-refractivity contribution in [1.82, 2.24) is 0 Å². The summed E-state index contributed by atoms with van der Waals surface area (Å²) < 4.78 is 5.57. The first-order valence-corrected chi connectivity index (χ1v) is 4.36. The summed E-state index contributed by atoms with van der Waals surface area (Å²) in [6, 6.07) is 4.85. The molecule has 68 valence electrons. The van der Waals surface area contributed by atoms with Crippen LogP contribution in [-0.2, 0) is 4.79 Å². The van der Waals surface area contributed by atoms with Crippen LogP contribution in [0.2, 0.25) is 0 Å². The minimum atomic E-state index is -0.439. The van der Waals surface area contributed by atoms with Gasteiger partial charge in [-0.2, -0.15) is 0 Å². The van der Waals surface area contributed by atoms with Crippen LogP contribution in [0.3, 0.4) is 0 Å². The maximum absolute atomic E-state index is 10.6. The second-order valence-electron chi connectivity index (χ2n) is 2.39. The summed E-state index contributed by atoms with van der Waals surface area (Å²) in [6.45, 7) is 1.29.